The normalized spacial score (nSPS) is 22.6. The van der Waals surface area contributed by atoms with Crippen molar-refractivity contribution < 1.29 is 14.3 Å². The zero-order valence-electron chi connectivity index (χ0n) is 15.8. The number of esters is 1. The predicted molar refractivity (Wildman–Crippen MR) is 106 cm³/mol. The van der Waals surface area contributed by atoms with Crippen LogP contribution in [-0.2, 0) is 14.3 Å². The molecule has 4 nitrogen and oxygen atoms in total. The van der Waals surface area contributed by atoms with Gasteiger partial charge in [0.2, 0.25) is 5.91 Å². The Hall–Kier alpha value is -2.33. The number of likely N-dealkylation sites (tertiary alicyclic amines) is 1. The van der Waals surface area contributed by atoms with Gasteiger partial charge in [-0.3, -0.25) is 9.59 Å². The molecule has 0 radical (unpaired) electrons. The molecule has 0 spiro atoms. The number of aryl methyl sites for hydroxylation is 1. The van der Waals surface area contributed by atoms with E-state index in [1.807, 2.05) is 50.2 Å². The molecule has 0 aliphatic carbocycles. The number of methoxy groups -OCH3 is 1. The van der Waals surface area contributed by atoms with Crippen molar-refractivity contribution in [2.24, 2.45) is 5.92 Å². The second-order valence-electron chi connectivity index (χ2n) is 6.95. The summed E-state index contributed by atoms with van der Waals surface area (Å²) in [4.78, 5) is 27.6. The third kappa shape index (κ3) is 3.86. The third-order valence-corrected chi connectivity index (χ3v) is 5.61. The molecule has 0 N–H and O–H groups in total. The molecule has 0 aromatic heterocycles. The fourth-order valence-electron chi connectivity index (χ4n) is 3.99. The number of piperidine rings is 1. The Kier molecular flexibility index (Phi) is 5.85. The van der Waals surface area contributed by atoms with E-state index in [0.717, 1.165) is 16.7 Å². The fraction of sp³-hybridized carbons (Fsp3) is 0.364. The number of nitrogens with zero attached hydrogens (tertiary/aromatic N) is 1. The van der Waals surface area contributed by atoms with E-state index in [9.17, 15) is 9.59 Å². The largest absolute Gasteiger partial charge is 0.469 e. The van der Waals surface area contributed by atoms with Gasteiger partial charge in [0.15, 0.2) is 0 Å². The number of ether oxygens (including phenoxy) is 1. The molecule has 3 rings (SSSR count). The van der Waals surface area contributed by atoms with Gasteiger partial charge in [0.1, 0.15) is 0 Å². The summed E-state index contributed by atoms with van der Waals surface area (Å²) in [5.74, 6) is -0.984. The Balaban J connectivity index is 2.12. The number of halogens is 1. The maximum atomic E-state index is 12.9. The number of carbonyl (C=O) groups excluding carboxylic acids is 2. The van der Waals surface area contributed by atoms with Crippen LogP contribution in [0.2, 0.25) is 5.02 Å². The summed E-state index contributed by atoms with van der Waals surface area (Å²) < 4.78 is 5.17. The number of carbonyl (C=O) groups is 2. The molecule has 3 atom stereocenters. The highest BCUT2D eigenvalue weighted by molar-refractivity contribution is 6.30. The van der Waals surface area contributed by atoms with Gasteiger partial charge in [-0.25, -0.2) is 0 Å². The Morgan fingerprint density at radius 3 is 2.26 bits per heavy atom. The minimum atomic E-state index is -0.475. The van der Waals surface area contributed by atoms with E-state index in [2.05, 4.69) is 0 Å². The first-order valence-corrected chi connectivity index (χ1v) is 9.53. The number of benzene rings is 2. The number of hydrogen-bond donors (Lipinski definition) is 0. The van der Waals surface area contributed by atoms with Gasteiger partial charge in [0, 0.05) is 23.9 Å². The summed E-state index contributed by atoms with van der Waals surface area (Å²) in [7, 11) is 1.40. The molecule has 1 aliphatic heterocycles. The Morgan fingerprint density at radius 1 is 1.11 bits per heavy atom. The zero-order valence-corrected chi connectivity index (χ0v) is 16.6. The first-order valence-electron chi connectivity index (χ1n) is 9.15. The van der Waals surface area contributed by atoms with Gasteiger partial charge in [-0.1, -0.05) is 53.6 Å². The molecule has 0 bridgehead atoms. The van der Waals surface area contributed by atoms with E-state index in [4.69, 9.17) is 16.3 Å². The molecule has 2 aromatic rings. The van der Waals surface area contributed by atoms with Crippen molar-refractivity contribution in [3.8, 4) is 0 Å². The molecular formula is C22H24ClNO3. The first-order chi connectivity index (χ1) is 13.0. The van der Waals surface area contributed by atoms with Gasteiger partial charge in [0.05, 0.1) is 19.1 Å². The van der Waals surface area contributed by atoms with E-state index in [-0.39, 0.29) is 30.3 Å². The van der Waals surface area contributed by atoms with Crippen LogP contribution in [0.1, 0.15) is 42.0 Å². The lowest BCUT2D eigenvalue weighted by Crippen LogP contribution is -2.48. The van der Waals surface area contributed by atoms with E-state index in [1.54, 1.807) is 17.0 Å². The maximum absolute atomic E-state index is 12.9. The smallest absolute Gasteiger partial charge is 0.311 e. The van der Waals surface area contributed by atoms with E-state index in [1.165, 1.54) is 7.11 Å². The highest BCUT2D eigenvalue weighted by Gasteiger charge is 2.47. The van der Waals surface area contributed by atoms with Crippen molar-refractivity contribution in [1.29, 1.82) is 0 Å². The van der Waals surface area contributed by atoms with Gasteiger partial charge in [-0.2, -0.15) is 0 Å². The van der Waals surface area contributed by atoms with Gasteiger partial charge in [-0.05, 0) is 37.1 Å². The standard InChI is InChI=1S/C22H24ClNO3/c1-4-24-19(25)13-18(15-9-11-17(23)12-10-15)20(22(26)27-3)21(24)16-7-5-14(2)6-8-16/h5-12,18,20-21H,4,13H2,1-3H3/t18-,20+,21-/m1/s1. The van der Waals surface area contributed by atoms with Crippen LogP contribution in [0.5, 0.6) is 0 Å². The highest BCUT2D eigenvalue weighted by atomic mass is 35.5. The number of amides is 1. The molecular weight excluding hydrogens is 362 g/mol. The van der Waals surface area contributed by atoms with E-state index < -0.39 is 5.92 Å². The summed E-state index contributed by atoms with van der Waals surface area (Å²) in [5, 5.41) is 0.626. The monoisotopic (exact) mass is 385 g/mol. The van der Waals surface area contributed by atoms with Crippen molar-refractivity contribution in [3.63, 3.8) is 0 Å². The van der Waals surface area contributed by atoms with Crippen molar-refractivity contribution in [3.05, 3.63) is 70.2 Å². The summed E-state index contributed by atoms with van der Waals surface area (Å²) in [6, 6.07) is 15.0. The van der Waals surface area contributed by atoms with Crippen LogP contribution in [0.25, 0.3) is 0 Å². The maximum Gasteiger partial charge on any atom is 0.311 e. The summed E-state index contributed by atoms with van der Waals surface area (Å²) in [6.07, 6.45) is 0.275. The molecule has 27 heavy (non-hydrogen) atoms. The lowest BCUT2D eigenvalue weighted by atomic mass is 9.73. The highest BCUT2D eigenvalue weighted by Crippen LogP contribution is 2.45. The van der Waals surface area contributed by atoms with Gasteiger partial charge in [0.25, 0.3) is 0 Å². The SMILES string of the molecule is CCN1C(=O)C[C@H](c2ccc(Cl)cc2)[C@H](C(=O)OC)[C@H]1c1ccc(C)cc1. The first kappa shape index (κ1) is 19.4. The van der Waals surface area contributed by atoms with Crippen molar-refractivity contribution in [1.82, 2.24) is 4.90 Å². The summed E-state index contributed by atoms with van der Waals surface area (Å²) in [5.41, 5.74) is 3.01. The number of hydrogen-bond acceptors (Lipinski definition) is 3. The van der Waals surface area contributed by atoms with E-state index >= 15 is 0 Å². The van der Waals surface area contributed by atoms with Crippen LogP contribution in [0, 0.1) is 12.8 Å². The second kappa shape index (κ2) is 8.13. The average molecular weight is 386 g/mol. The van der Waals surface area contributed by atoms with Gasteiger partial charge in [-0.15, -0.1) is 0 Å². The fourth-order valence-corrected chi connectivity index (χ4v) is 4.12. The quantitative estimate of drug-likeness (QED) is 0.727. The average Bonchev–Trinajstić information content (AvgIpc) is 2.68. The summed E-state index contributed by atoms with van der Waals surface area (Å²) in [6.45, 7) is 4.50. The topological polar surface area (TPSA) is 46.6 Å². The lowest BCUT2D eigenvalue weighted by molar-refractivity contribution is -0.156. The molecule has 2 aromatic carbocycles. The van der Waals surface area contributed by atoms with Crippen molar-refractivity contribution >= 4 is 23.5 Å². The minimum Gasteiger partial charge on any atom is -0.469 e. The molecule has 1 fully saturated rings. The molecule has 1 heterocycles. The van der Waals surface area contributed by atoms with Crippen LogP contribution in [0.15, 0.2) is 48.5 Å². The molecule has 1 amide bonds. The lowest BCUT2D eigenvalue weighted by Gasteiger charge is -2.44. The Morgan fingerprint density at radius 2 is 1.70 bits per heavy atom. The molecule has 0 saturated carbocycles. The predicted octanol–water partition coefficient (Wildman–Crippen LogP) is 4.51. The molecule has 142 valence electrons. The zero-order chi connectivity index (χ0) is 19.6. The number of rotatable bonds is 4. The Bertz CT molecular complexity index is 816. The van der Waals surface area contributed by atoms with Gasteiger partial charge < -0.3 is 9.64 Å². The summed E-state index contributed by atoms with van der Waals surface area (Å²) >= 11 is 6.02. The van der Waals surface area contributed by atoms with Crippen molar-refractivity contribution in [2.45, 2.75) is 32.2 Å². The van der Waals surface area contributed by atoms with Crippen LogP contribution in [-0.4, -0.2) is 30.4 Å². The second-order valence-corrected chi connectivity index (χ2v) is 7.38. The molecule has 0 unspecified atom stereocenters. The van der Waals surface area contributed by atoms with Gasteiger partial charge >= 0.3 is 5.97 Å². The molecule has 1 saturated heterocycles. The van der Waals surface area contributed by atoms with Crippen LogP contribution in [0.3, 0.4) is 0 Å². The molecule has 1 aliphatic rings. The third-order valence-electron chi connectivity index (χ3n) is 5.36. The Labute approximate surface area is 165 Å². The van der Waals surface area contributed by atoms with Crippen molar-refractivity contribution in [2.75, 3.05) is 13.7 Å². The minimum absolute atomic E-state index is 0.0446. The molecule has 5 heteroatoms. The van der Waals surface area contributed by atoms with Crippen LogP contribution < -0.4 is 0 Å². The van der Waals surface area contributed by atoms with Crippen LogP contribution >= 0.6 is 11.6 Å². The van der Waals surface area contributed by atoms with E-state index in [0.29, 0.717) is 11.6 Å². The van der Waals surface area contributed by atoms with Crippen LogP contribution in [0.4, 0.5) is 0 Å².